The monoisotopic (exact) mass is 426 g/mol. The molecule has 3 amide bonds. The maximum atomic E-state index is 12.3. The molecule has 30 heavy (non-hydrogen) atoms. The van der Waals surface area contributed by atoms with Crippen LogP contribution in [0.3, 0.4) is 0 Å². The Morgan fingerprint density at radius 3 is 2.20 bits per heavy atom. The van der Waals surface area contributed by atoms with Crippen LogP contribution in [0.15, 0.2) is 12.5 Å². The summed E-state index contributed by atoms with van der Waals surface area (Å²) >= 11 is 0. The summed E-state index contributed by atoms with van der Waals surface area (Å²) < 4.78 is 0. The molecule has 1 heterocycles. The van der Waals surface area contributed by atoms with E-state index in [-0.39, 0.29) is 12.3 Å². The van der Waals surface area contributed by atoms with Crippen LogP contribution in [0.4, 0.5) is 0 Å². The molecule has 0 bridgehead atoms. The Labute approximate surface area is 174 Å². The van der Waals surface area contributed by atoms with E-state index in [4.69, 9.17) is 5.73 Å². The van der Waals surface area contributed by atoms with E-state index in [9.17, 15) is 29.4 Å². The molecule has 0 spiro atoms. The maximum Gasteiger partial charge on any atom is 0.326 e. The fourth-order valence-corrected chi connectivity index (χ4v) is 2.58. The Morgan fingerprint density at radius 2 is 1.70 bits per heavy atom. The van der Waals surface area contributed by atoms with E-state index < -0.39 is 54.5 Å². The molecule has 0 aliphatic rings. The van der Waals surface area contributed by atoms with Gasteiger partial charge in [0.2, 0.25) is 17.7 Å². The van der Waals surface area contributed by atoms with Crippen LogP contribution in [0.1, 0.15) is 32.9 Å². The molecule has 1 rings (SSSR count). The summed E-state index contributed by atoms with van der Waals surface area (Å²) in [5, 5.41) is 25.8. The van der Waals surface area contributed by atoms with Gasteiger partial charge in [0.15, 0.2) is 0 Å². The minimum Gasteiger partial charge on any atom is -0.480 e. The van der Waals surface area contributed by atoms with Gasteiger partial charge in [0.1, 0.15) is 18.1 Å². The third-order valence-electron chi connectivity index (χ3n) is 4.22. The molecule has 1 aromatic rings. The molecular weight excluding hydrogens is 396 g/mol. The minimum absolute atomic E-state index is 0.0621. The molecule has 0 saturated carbocycles. The zero-order valence-electron chi connectivity index (χ0n) is 17.2. The Bertz CT molecular complexity index is 723. The first kappa shape index (κ1) is 25.0. The molecule has 4 atom stereocenters. The van der Waals surface area contributed by atoms with Gasteiger partial charge >= 0.3 is 5.97 Å². The second kappa shape index (κ2) is 11.9. The van der Waals surface area contributed by atoms with Crippen molar-refractivity contribution in [3.8, 4) is 0 Å². The first-order valence-electron chi connectivity index (χ1n) is 9.52. The van der Waals surface area contributed by atoms with Crippen LogP contribution in [0, 0.1) is 5.92 Å². The van der Waals surface area contributed by atoms with Crippen LogP contribution in [0.25, 0.3) is 0 Å². The molecule has 8 N–H and O–H groups in total. The number of carboxylic acid groups (broad SMARTS) is 1. The van der Waals surface area contributed by atoms with E-state index in [1.165, 1.54) is 19.4 Å². The van der Waals surface area contributed by atoms with Gasteiger partial charge in [-0.2, -0.15) is 0 Å². The van der Waals surface area contributed by atoms with E-state index in [2.05, 4.69) is 25.9 Å². The lowest BCUT2D eigenvalue weighted by Gasteiger charge is -2.22. The number of carboxylic acids is 1. The molecule has 0 aliphatic carbocycles. The Kier molecular flexibility index (Phi) is 9.92. The van der Waals surface area contributed by atoms with Gasteiger partial charge in [-0.3, -0.25) is 14.4 Å². The van der Waals surface area contributed by atoms with Gasteiger partial charge in [0, 0.05) is 18.3 Å². The topological polar surface area (TPSA) is 200 Å². The molecule has 4 unspecified atom stereocenters. The molecule has 0 saturated heterocycles. The lowest BCUT2D eigenvalue weighted by Crippen LogP contribution is -2.57. The maximum absolute atomic E-state index is 12.3. The molecule has 0 fully saturated rings. The number of nitrogens with zero attached hydrogens (tertiary/aromatic N) is 1. The van der Waals surface area contributed by atoms with Gasteiger partial charge in [-0.25, -0.2) is 9.78 Å². The van der Waals surface area contributed by atoms with Crippen molar-refractivity contribution in [2.45, 2.75) is 57.8 Å². The third kappa shape index (κ3) is 8.17. The molecule has 1 aromatic heterocycles. The second-order valence-corrected chi connectivity index (χ2v) is 7.39. The number of carbonyl (C=O) groups is 4. The van der Waals surface area contributed by atoms with Gasteiger partial charge in [-0.05, 0) is 19.3 Å². The highest BCUT2D eigenvalue weighted by molar-refractivity contribution is 5.93. The SMILES string of the molecule is CC(C)CC(N)C(=O)NC(C)C(=O)NC(CO)C(=O)NC(Cc1cnc[nH]1)C(=O)O. The number of H-pyrrole nitrogens is 1. The first-order chi connectivity index (χ1) is 14.0. The fraction of sp³-hybridized carbons (Fsp3) is 0.611. The van der Waals surface area contributed by atoms with Gasteiger partial charge < -0.3 is 36.9 Å². The van der Waals surface area contributed by atoms with Crippen molar-refractivity contribution in [1.29, 1.82) is 0 Å². The number of aromatic amines is 1. The molecule has 12 nitrogen and oxygen atoms in total. The van der Waals surface area contributed by atoms with E-state index in [0.717, 1.165) is 0 Å². The summed E-state index contributed by atoms with van der Waals surface area (Å²) in [6.45, 7) is 4.45. The van der Waals surface area contributed by atoms with Crippen LogP contribution < -0.4 is 21.7 Å². The number of aliphatic carboxylic acids is 1. The van der Waals surface area contributed by atoms with Crippen LogP contribution in [-0.2, 0) is 25.6 Å². The highest BCUT2D eigenvalue weighted by Gasteiger charge is 2.28. The summed E-state index contributed by atoms with van der Waals surface area (Å²) in [5.74, 6) is -3.22. The van der Waals surface area contributed by atoms with E-state index in [0.29, 0.717) is 12.1 Å². The van der Waals surface area contributed by atoms with Crippen LogP contribution >= 0.6 is 0 Å². The lowest BCUT2D eigenvalue weighted by atomic mass is 10.0. The number of aliphatic hydroxyl groups excluding tert-OH is 1. The number of carbonyl (C=O) groups excluding carboxylic acids is 3. The van der Waals surface area contributed by atoms with Crippen molar-refractivity contribution in [2.75, 3.05) is 6.61 Å². The zero-order chi connectivity index (χ0) is 22.8. The van der Waals surface area contributed by atoms with Crippen molar-refractivity contribution in [2.24, 2.45) is 11.7 Å². The van der Waals surface area contributed by atoms with Crippen molar-refractivity contribution < 1.29 is 29.4 Å². The fourth-order valence-electron chi connectivity index (χ4n) is 2.58. The molecule has 0 aliphatic heterocycles. The van der Waals surface area contributed by atoms with Gasteiger partial charge in [-0.15, -0.1) is 0 Å². The molecule has 12 heteroatoms. The zero-order valence-corrected chi connectivity index (χ0v) is 17.2. The van der Waals surface area contributed by atoms with E-state index in [1.54, 1.807) is 0 Å². The van der Waals surface area contributed by atoms with Gasteiger partial charge in [-0.1, -0.05) is 13.8 Å². The number of amides is 3. The number of aromatic nitrogens is 2. The highest BCUT2D eigenvalue weighted by Crippen LogP contribution is 2.03. The van der Waals surface area contributed by atoms with Crippen molar-refractivity contribution >= 4 is 23.7 Å². The van der Waals surface area contributed by atoms with E-state index in [1.807, 2.05) is 13.8 Å². The number of imidazole rings is 1. The Hall–Kier alpha value is -2.99. The first-order valence-corrected chi connectivity index (χ1v) is 9.52. The lowest BCUT2D eigenvalue weighted by molar-refractivity contribution is -0.142. The van der Waals surface area contributed by atoms with Crippen molar-refractivity contribution in [1.82, 2.24) is 25.9 Å². The normalized spacial score (nSPS) is 15.0. The molecule has 0 radical (unpaired) electrons. The minimum atomic E-state index is -1.40. The predicted molar refractivity (Wildman–Crippen MR) is 106 cm³/mol. The standard InChI is InChI=1S/C18H30N6O6/c1-9(2)4-12(19)16(27)22-10(3)15(26)24-14(7-25)17(28)23-13(18(29)30)5-11-6-20-8-21-11/h6,8-10,12-14,25H,4-5,7,19H2,1-3H3,(H,20,21)(H,22,27)(H,23,28)(H,24,26)(H,29,30). The largest absolute Gasteiger partial charge is 0.480 e. The quantitative estimate of drug-likeness (QED) is 0.196. The molecule has 0 aromatic carbocycles. The predicted octanol–water partition coefficient (Wildman–Crippen LogP) is -2.12. The molecule has 168 valence electrons. The number of rotatable bonds is 12. The Morgan fingerprint density at radius 1 is 1.07 bits per heavy atom. The third-order valence-corrected chi connectivity index (χ3v) is 4.22. The summed E-state index contributed by atoms with van der Waals surface area (Å²) in [4.78, 5) is 54.6. The summed E-state index contributed by atoms with van der Waals surface area (Å²) in [5.41, 5.74) is 6.26. The van der Waals surface area contributed by atoms with Crippen LogP contribution in [0.2, 0.25) is 0 Å². The van der Waals surface area contributed by atoms with Gasteiger partial charge in [0.05, 0.1) is 19.0 Å². The average molecular weight is 426 g/mol. The highest BCUT2D eigenvalue weighted by atomic mass is 16.4. The van der Waals surface area contributed by atoms with Crippen LogP contribution in [0.5, 0.6) is 0 Å². The van der Waals surface area contributed by atoms with Gasteiger partial charge in [0.25, 0.3) is 0 Å². The number of hydrogen-bond donors (Lipinski definition) is 7. The van der Waals surface area contributed by atoms with E-state index >= 15 is 0 Å². The summed E-state index contributed by atoms with van der Waals surface area (Å²) in [6.07, 6.45) is 3.17. The average Bonchev–Trinajstić information content (AvgIpc) is 3.17. The number of nitrogens with two attached hydrogens (primary N) is 1. The number of nitrogens with one attached hydrogen (secondary N) is 4. The molecular formula is C18H30N6O6. The van der Waals surface area contributed by atoms with Crippen LogP contribution in [-0.4, -0.2) is 74.6 Å². The Balaban J connectivity index is 2.65. The van der Waals surface area contributed by atoms with Crippen molar-refractivity contribution in [3.63, 3.8) is 0 Å². The number of hydrogen-bond acceptors (Lipinski definition) is 7. The number of aliphatic hydroxyl groups is 1. The second-order valence-electron chi connectivity index (χ2n) is 7.39. The summed E-state index contributed by atoms with van der Waals surface area (Å²) in [6, 6.07) is -4.49. The van der Waals surface area contributed by atoms with Crippen molar-refractivity contribution in [3.05, 3.63) is 18.2 Å². The smallest absolute Gasteiger partial charge is 0.326 e. The summed E-state index contributed by atoms with van der Waals surface area (Å²) in [7, 11) is 0.